The van der Waals surface area contributed by atoms with Crippen LogP contribution in [0.5, 0.6) is 0 Å². The lowest BCUT2D eigenvalue weighted by Gasteiger charge is -2.24. The maximum atomic E-state index is 4.65. The van der Waals surface area contributed by atoms with E-state index in [1.54, 1.807) is 11.3 Å². The molecular formula is C14H23N3S. The molecule has 0 bridgehead atoms. The highest BCUT2D eigenvalue weighted by atomic mass is 32.1. The van der Waals surface area contributed by atoms with Crippen LogP contribution in [0, 0.1) is 0 Å². The van der Waals surface area contributed by atoms with Gasteiger partial charge in [0, 0.05) is 17.5 Å². The predicted octanol–water partition coefficient (Wildman–Crippen LogP) is 3.14. The fourth-order valence-electron chi connectivity index (χ4n) is 2.32. The number of hydrogen-bond acceptors (Lipinski definition) is 2. The number of guanidine groups is 1. The average Bonchev–Trinajstić information content (AvgIpc) is 2.91. The van der Waals surface area contributed by atoms with Crippen LogP contribution in [0.2, 0.25) is 0 Å². The molecule has 2 rings (SSSR count). The van der Waals surface area contributed by atoms with Gasteiger partial charge in [-0.3, -0.25) is 0 Å². The van der Waals surface area contributed by atoms with E-state index < -0.39 is 0 Å². The molecule has 1 aliphatic rings. The Hall–Kier alpha value is -1.03. The minimum Gasteiger partial charge on any atom is -0.357 e. The fraction of sp³-hybridized carbons (Fsp3) is 0.643. The summed E-state index contributed by atoms with van der Waals surface area (Å²) < 4.78 is 0. The molecule has 4 heteroatoms. The summed E-state index contributed by atoms with van der Waals surface area (Å²) in [7, 11) is 0. The van der Waals surface area contributed by atoms with Gasteiger partial charge < -0.3 is 10.6 Å². The van der Waals surface area contributed by atoms with Crippen molar-refractivity contribution in [3.8, 4) is 0 Å². The molecule has 0 radical (unpaired) electrons. The molecule has 1 saturated carbocycles. The maximum absolute atomic E-state index is 4.65. The smallest absolute Gasteiger partial charge is 0.191 e. The summed E-state index contributed by atoms with van der Waals surface area (Å²) in [5, 5.41) is 9.00. The van der Waals surface area contributed by atoms with E-state index in [9.17, 15) is 0 Å². The molecule has 100 valence electrons. The first-order valence-corrected chi connectivity index (χ1v) is 7.83. The maximum Gasteiger partial charge on any atom is 0.191 e. The van der Waals surface area contributed by atoms with Crippen LogP contribution in [0.1, 0.15) is 43.9 Å². The molecule has 0 spiro atoms. The predicted molar refractivity (Wildman–Crippen MR) is 79.1 cm³/mol. The molecule has 0 aromatic carbocycles. The van der Waals surface area contributed by atoms with Crippen molar-refractivity contribution >= 4 is 17.3 Å². The van der Waals surface area contributed by atoms with Crippen LogP contribution in [0.3, 0.4) is 0 Å². The zero-order valence-corrected chi connectivity index (χ0v) is 11.9. The Morgan fingerprint density at radius 3 is 2.89 bits per heavy atom. The molecule has 0 aliphatic heterocycles. The SMILES string of the molecule is CCNC(=NCc1cccs1)NC1CCCCC1. The Bertz CT molecular complexity index is 353. The van der Waals surface area contributed by atoms with Crippen molar-refractivity contribution in [3.05, 3.63) is 22.4 Å². The van der Waals surface area contributed by atoms with Gasteiger partial charge in [0.15, 0.2) is 5.96 Å². The van der Waals surface area contributed by atoms with Gasteiger partial charge in [0.1, 0.15) is 0 Å². The van der Waals surface area contributed by atoms with Gasteiger partial charge in [-0.05, 0) is 31.2 Å². The Balaban J connectivity index is 1.87. The monoisotopic (exact) mass is 265 g/mol. The van der Waals surface area contributed by atoms with Crippen molar-refractivity contribution in [2.75, 3.05) is 6.54 Å². The molecule has 0 amide bonds. The van der Waals surface area contributed by atoms with Gasteiger partial charge >= 0.3 is 0 Å². The topological polar surface area (TPSA) is 36.4 Å². The minimum absolute atomic E-state index is 0.611. The lowest BCUT2D eigenvalue weighted by atomic mass is 9.96. The molecule has 18 heavy (non-hydrogen) atoms. The molecule has 0 saturated heterocycles. The second kappa shape index (κ2) is 7.41. The molecule has 1 heterocycles. The highest BCUT2D eigenvalue weighted by Crippen LogP contribution is 2.17. The summed E-state index contributed by atoms with van der Waals surface area (Å²) >= 11 is 1.77. The van der Waals surface area contributed by atoms with Crippen LogP contribution >= 0.6 is 11.3 Å². The van der Waals surface area contributed by atoms with Crippen molar-refractivity contribution in [3.63, 3.8) is 0 Å². The first-order chi connectivity index (χ1) is 8.88. The number of rotatable bonds is 4. The summed E-state index contributed by atoms with van der Waals surface area (Å²) in [6.45, 7) is 3.81. The van der Waals surface area contributed by atoms with Crippen LogP contribution < -0.4 is 10.6 Å². The zero-order valence-electron chi connectivity index (χ0n) is 11.1. The van der Waals surface area contributed by atoms with Gasteiger partial charge in [0.25, 0.3) is 0 Å². The average molecular weight is 265 g/mol. The van der Waals surface area contributed by atoms with Crippen molar-refractivity contribution in [2.45, 2.75) is 51.6 Å². The minimum atomic E-state index is 0.611. The molecule has 1 fully saturated rings. The van der Waals surface area contributed by atoms with Gasteiger partial charge in [-0.1, -0.05) is 25.3 Å². The molecule has 1 aromatic heterocycles. The standard InChI is InChI=1S/C14H23N3S/c1-2-15-14(16-11-13-9-6-10-18-13)17-12-7-4-3-5-8-12/h6,9-10,12H,2-5,7-8,11H2,1H3,(H2,15,16,17). The van der Waals surface area contributed by atoms with E-state index in [0.29, 0.717) is 6.04 Å². The van der Waals surface area contributed by atoms with E-state index in [0.717, 1.165) is 19.0 Å². The van der Waals surface area contributed by atoms with E-state index in [2.05, 4.69) is 40.1 Å². The zero-order chi connectivity index (χ0) is 12.6. The van der Waals surface area contributed by atoms with Crippen molar-refractivity contribution in [1.82, 2.24) is 10.6 Å². The highest BCUT2D eigenvalue weighted by Gasteiger charge is 2.14. The van der Waals surface area contributed by atoms with Crippen molar-refractivity contribution < 1.29 is 0 Å². The number of aliphatic imine (C=N–C) groups is 1. The van der Waals surface area contributed by atoms with E-state index in [1.165, 1.54) is 37.0 Å². The second-order valence-electron chi connectivity index (χ2n) is 4.75. The van der Waals surface area contributed by atoms with Crippen LogP contribution in [0.25, 0.3) is 0 Å². The second-order valence-corrected chi connectivity index (χ2v) is 5.79. The van der Waals surface area contributed by atoms with E-state index in [1.807, 2.05) is 0 Å². The van der Waals surface area contributed by atoms with Crippen molar-refractivity contribution in [1.29, 1.82) is 0 Å². The summed E-state index contributed by atoms with van der Waals surface area (Å²) in [5.41, 5.74) is 0. The summed E-state index contributed by atoms with van der Waals surface area (Å²) in [6, 6.07) is 4.83. The van der Waals surface area contributed by atoms with Gasteiger partial charge in [0.05, 0.1) is 6.54 Å². The first-order valence-electron chi connectivity index (χ1n) is 6.95. The summed E-state index contributed by atoms with van der Waals surface area (Å²) in [6.07, 6.45) is 6.65. The highest BCUT2D eigenvalue weighted by molar-refractivity contribution is 7.09. The third-order valence-electron chi connectivity index (χ3n) is 3.26. The third-order valence-corrected chi connectivity index (χ3v) is 4.12. The summed E-state index contributed by atoms with van der Waals surface area (Å²) in [5.74, 6) is 0.970. The fourth-order valence-corrected chi connectivity index (χ4v) is 2.95. The Morgan fingerprint density at radius 1 is 1.39 bits per heavy atom. The molecule has 3 nitrogen and oxygen atoms in total. The lowest BCUT2D eigenvalue weighted by molar-refractivity contribution is 0.410. The quantitative estimate of drug-likeness (QED) is 0.648. The lowest BCUT2D eigenvalue weighted by Crippen LogP contribution is -2.44. The van der Waals surface area contributed by atoms with Crippen LogP contribution in [-0.4, -0.2) is 18.5 Å². The Labute approximate surface area is 114 Å². The molecule has 1 aliphatic carbocycles. The Kier molecular flexibility index (Phi) is 5.52. The van der Waals surface area contributed by atoms with Crippen molar-refractivity contribution in [2.24, 2.45) is 4.99 Å². The first kappa shape index (κ1) is 13.4. The number of nitrogens with one attached hydrogen (secondary N) is 2. The number of nitrogens with zero attached hydrogens (tertiary/aromatic N) is 1. The molecule has 0 unspecified atom stereocenters. The number of thiophene rings is 1. The molecule has 1 aromatic rings. The van der Waals surface area contributed by atoms with E-state index in [-0.39, 0.29) is 0 Å². The van der Waals surface area contributed by atoms with Crippen LogP contribution in [0.4, 0.5) is 0 Å². The number of hydrogen-bond donors (Lipinski definition) is 2. The third kappa shape index (κ3) is 4.33. The summed E-state index contributed by atoms with van der Waals surface area (Å²) in [4.78, 5) is 5.97. The molecular weight excluding hydrogens is 242 g/mol. The van der Waals surface area contributed by atoms with Gasteiger partial charge in [0.2, 0.25) is 0 Å². The van der Waals surface area contributed by atoms with E-state index in [4.69, 9.17) is 0 Å². The molecule has 2 N–H and O–H groups in total. The van der Waals surface area contributed by atoms with Gasteiger partial charge in [-0.2, -0.15) is 0 Å². The molecule has 0 atom stereocenters. The van der Waals surface area contributed by atoms with Gasteiger partial charge in [-0.15, -0.1) is 11.3 Å². The largest absolute Gasteiger partial charge is 0.357 e. The Morgan fingerprint density at radius 2 is 2.22 bits per heavy atom. The van der Waals surface area contributed by atoms with E-state index >= 15 is 0 Å². The van der Waals surface area contributed by atoms with Gasteiger partial charge in [-0.25, -0.2) is 4.99 Å². The van der Waals surface area contributed by atoms with Crippen LogP contribution in [0.15, 0.2) is 22.5 Å². The normalized spacial score (nSPS) is 17.7. The van der Waals surface area contributed by atoms with Crippen LogP contribution in [-0.2, 0) is 6.54 Å².